The smallest absolute Gasteiger partial charge is 0.251 e. The van der Waals surface area contributed by atoms with Crippen LogP contribution in [0.15, 0.2) is 53.0 Å². The van der Waals surface area contributed by atoms with Gasteiger partial charge in [-0.2, -0.15) is 0 Å². The number of carbonyl (C=O) groups is 2. The molecule has 0 fully saturated rings. The van der Waals surface area contributed by atoms with E-state index in [1.807, 2.05) is 24.3 Å². The highest BCUT2D eigenvalue weighted by Crippen LogP contribution is 2.14. The number of rotatable bonds is 5. The molecule has 0 radical (unpaired) electrons. The molecule has 6 heteroatoms. The number of amides is 2. The Hall–Kier alpha value is -1.85. The number of carbonyl (C=O) groups excluding carboxylic acids is 2. The van der Waals surface area contributed by atoms with Crippen LogP contribution in [0.3, 0.4) is 0 Å². The summed E-state index contributed by atoms with van der Waals surface area (Å²) in [4.78, 5) is 23.7. The van der Waals surface area contributed by atoms with E-state index in [0.717, 1.165) is 10.0 Å². The predicted octanol–water partition coefficient (Wildman–Crippen LogP) is 2.93. The number of nitrogens with two attached hydrogens (primary N) is 1. The fraction of sp³-hybridized carbons (Fsp3) is 0.125. The lowest BCUT2D eigenvalue weighted by atomic mass is 10.0. The number of benzene rings is 2. The topological polar surface area (TPSA) is 72.2 Å². The number of halogens is 2. The molecule has 2 aromatic carbocycles. The maximum Gasteiger partial charge on any atom is 0.251 e. The lowest BCUT2D eigenvalue weighted by Gasteiger charge is -2.16. The number of hydrogen-bond donors (Lipinski definition) is 2. The molecule has 0 saturated carbocycles. The zero-order valence-corrected chi connectivity index (χ0v) is 13.9. The average Bonchev–Trinajstić information content (AvgIpc) is 2.47. The van der Waals surface area contributed by atoms with E-state index in [9.17, 15) is 9.59 Å². The Morgan fingerprint density at radius 3 is 2.45 bits per heavy atom. The molecule has 2 rings (SSSR count). The zero-order chi connectivity index (χ0) is 16.1. The first kappa shape index (κ1) is 16.5. The Balaban J connectivity index is 2.10. The minimum atomic E-state index is -0.780. The Bertz CT molecular complexity index is 689. The number of primary amides is 1. The van der Waals surface area contributed by atoms with Crippen molar-refractivity contribution in [2.45, 2.75) is 12.5 Å². The van der Waals surface area contributed by atoms with Crippen molar-refractivity contribution in [3.63, 3.8) is 0 Å². The Kier molecular flexibility index (Phi) is 5.57. The summed E-state index contributed by atoms with van der Waals surface area (Å²) in [5.41, 5.74) is 6.71. The SMILES string of the molecule is NC(=O)[C@H](Cc1cccc(Br)c1)NC(=O)c1ccc(Cl)cc1. The normalized spacial score (nSPS) is 11.7. The average molecular weight is 382 g/mol. The quantitative estimate of drug-likeness (QED) is 0.836. The molecule has 0 aliphatic carbocycles. The third-order valence-corrected chi connectivity index (χ3v) is 3.83. The van der Waals surface area contributed by atoms with Gasteiger partial charge in [-0.15, -0.1) is 0 Å². The van der Waals surface area contributed by atoms with Crippen LogP contribution < -0.4 is 11.1 Å². The number of nitrogens with one attached hydrogen (secondary N) is 1. The fourth-order valence-electron chi connectivity index (χ4n) is 1.97. The van der Waals surface area contributed by atoms with Gasteiger partial charge < -0.3 is 11.1 Å². The second kappa shape index (κ2) is 7.42. The van der Waals surface area contributed by atoms with Gasteiger partial charge in [0, 0.05) is 21.5 Å². The van der Waals surface area contributed by atoms with Gasteiger partial charge in [0.25, 0.3) is 5.91 Å². The van der Waals surface area contributed by atoms with Crippen molar-refractivity contribution in [1.29, 1.82) is 0 Å². The van der Waals surface area contributed by atoms with Crippen molar-refractivity contribution in [2.24, 2.45) is 5.73 Å². The summed E-state index contributed by atoms with van der Waals surface area (Å²) < 4.78 is 0.900. The molecule has 22 heavy (non-hydrogen) atoms. The lowest BCUT2D eigenvalue weighted by Crippen LogP contribution is -2.45. The minimum absolute atomic E-state index is 0.327. The summed E-state index contributed by atoms with van der Waals surface area (Å²) in [5.74, 6) is -0.947. The first-order valence-corrected chi connectivity index (χ1v) is 7.73. The molecule has 2 aromatic rings. The molecule has 3 N–H and O–H groups in total. The molecule has 1 atom stereocenters. The molecule has 0 aliphatic heterocycles. The minimum Gasteiger partial charge on any atom is -0.368 e. The van der Waals surface area contributed by atoms with Crippen molar-refractivity contribution < 1.29 is 9.59 Å². The van der Waals surface area contributed by atoms with Crippen LogP contribution in [0.2, 0.25) is 5.02 Å². The molecular weight excluding hydrogens is 368 g/mol. The summed E-state index contributed by atoms with van der Waals surface area (Å²) in [6.45, 7) is 0. The maximum absolute atomic E-state index is 12.2. The third kappa shape index (κ3) is 4.58. The molecular formula is C16H14BrClN2O2. The summed E-state index contributed by atoms with van der Waals surface area (Å²) in [5, 5.41) is 3.19. The van der Waals surface area contributed by atoms with Gasteiger partial charge in [-0.05, 0) is 42.0 Å². The van der Waals surface area contributed by atoms with E-state index in [2.05, 4.69) is 21.2 Å². The van der Waals surface area contributed by atoms with Gasteiger partial charge in [-0.3, -0.25) is 9.59 Å². The van der Waals surface area contributed by atoms with E-state index in [1.54, 1.807) is 24.3 Å². The van der Waals surface area contributed by atoms with Crippen LogP contribution in [0.25, 0.3) is 0 Å². The summed E-state index contributed by atoms with van der Waals surface area (Å²) in [6, 6.07) is 13.1. The summed E-state index contributed by atoms with van der Waals surface area (Å²) in [6.07, 6.45) is 0.327. The van der Waals surface area contributed by atoms with E-state index in [0.29, 0.717) is 17.0 Å². The number of hydrogen-bond acceptors (Lipinski definition) is 2. The Morgan fingerprint density at radius 2 is 1.86 bits per heavy atom. The van der Waals surface area contributed by atoms with E-state index in [1.165, 1.54) is 0 Å². The second-order valence-electron chi connectivity index (χ2n) is 4.77. The van der Waals surface area contributed by atoms with Crippen LogP contribution in [-0.4, -0.2) is 17.9 Å². The maximum atomic E-state index is 12.2. The zero-order valence-electron chi connectivity index (χ0n) is 11.6. The molecule has 0 spiro atoms. The van der Waals surface area contributed by atoms with E-state index in [4.69, 9.17) is 17.3 Å². The van der Waals surface area contributed by atoms with Gasteiger partial charge in [-0.25, -0.2) is 0 Å². The largest absolute Gasteiger partial charge is 0.368 e. The molecule has 0 aliphatic rings. The fourth-order valence-corrected chi connectivity index (χ4v) is 2.54. The van der Waals surface area contributed by atoms with Gasteiger partial charge in [0.2, 0.25) is 5.91 Å². The Morgan fingerprint density at radius 1 is 1.18 bits per heavy atom. The van der Waals surface area contributed by atoms with Crippen LogP contribution in [0.5, 0.6) is 0 Å². The standard InChI is InChI=1S/C16H14BrClN2O2/c17-12-3-1-2-10(8-12)9-14(15(19)21)20-16(22)11-4-6-13(18)7-5-11/h1-8,14H,9H2,(H2,19,21)(H,20,22)/t14-/m0/s1. The van der Waals surface area contributed by atoms with Gasteiger partial charge in [0.15, 0.2) is 0 Å². The van der Waals surface area contributed by atoms with Crippen molar-refractivity contribution >= 4 is 39.3 Å². The van der Waals surface area contributed by atoms with E-state index in [-0.39, 0.29) is 5.91 Å². The summed E-state index contributed by atoms with van der Waals surface area (Å²) in [7, 11) is 0. The van der Waals surface area contributed by atoms with Gasteiger partial charge in [0.1, 0.15) is 6.04 Å². The molecule has 114 valence electrons. The molecule has 0 saturated heterocycles. The van der Waals surface area contributed by atoms with Crippen molar-refractivity contribution in [3.05, 3.63) is 69.2 Å². The first-order chi connectivity index (χ1) is 10.5. The van der Waals surface area contributed by atoms with Gasteiger partial charge in [0.05, 0.1) is 0 Å². The molecule has 2 amide bonds. The lowest BCUT2D eigenvalue weighted by molar-refractivity contribution is -0.119. The van der Waals surface area contributed by atoms with Crippen molar-refractivity contribution in [2.75, 3.05) is 0 Å². The second-order valence-corrected chi connectivity index (χ2v) is 6.12. The highest BCUT2D eigenvalue weighted by Gasteiger charge is 2.19. The van der Waals surface area contributed by atoms with E-state index < -0.39 is 11.9 Å². The van der Waals surface area contributed by atoms with Crippen LogP contribution in [0.4, 0.5) is 0 Å². The van der Waals surface area contributed by atoms with Crippen LogP contribution in [0, 0.1) is 0 Å². The first-order valence-electron chi connectivity index (χ1n) is 6.56. The Labute approximate surface area is 141 Å². The highest BCUT2D eigenvalue weighted by molar-refractivity contribution is 9.10. The monoisotopic (exact) mass is 380 g/mol. The third-order valence-electron chi connectivity index (χ3n) is 3.08. The van der Waals surface area contributed by atoms with Gasteiger partial charge in [-0.1, -0.05) is 39.7 Å². The van der Waals surface area contributed by atoms with Crippen LogP contribution in [-0.2, 0) is 11.2 Å². The van der Waals surface area contributed by atoms with Crippen molar-refractivity contribution in [3.8, 4) is 0 Å². The van der Waals surface area contributed by atoms with Crippen LogP contribution >= 0.6 is 27.5 Å². The van der Waals surface area contributed by atoms with Crippen LogP contribution in [0.1, 0.15) is 15.9 Å². The highest BCUT2D eigenvalue weighted by atomic mass is 79.9. The summed E-state index contributed by atoms with van der Waals surface area (Å²) >= 11 is 9.15. The molecule has 4 nitrogen and oxygen atoms in total. The van der Waals surface area contributed by atoms with E-state index >= 15 is 0 Å². The molecule has 0 aromatic heterocycles. The predicted molar refractivity (Wildman–Crippen MR) is 89.7 cm³/mol. The molecule has 0 heterocycles. The molecule has 0 bridgehead atoms. The van der Waals surface area contributed by atoms with Crippen molar-refractivity contribution in [1.82, 2.24) is 5.32 Å². The van der Waals surface area contributed by atoms with Gasteiger partial charge >= 0.3 is 0 Å². The molecule has 0 unspecified atom stereocenters.